The van der Waals surface area contributed by atoms with Crippen molar-refractivity contribution in [3.05, 3.63) is 66.2 Å². The molecule has 20 heavy (non-hydrogen) atoms. The van der Waals surface area contributed by atoms with E-state index < -0.39 is 0 Å². The number of rotatable bonds is 6. The van der Waals surface area contributed by atoms with E-state index in [4.69, 9.17) is 0 Å². The van der Waals surface area contributed by atoms with Gasteiger partial charge in [0.25, 0.3) is 0 Å². The summed E-state index contributed by atoms with van der Waals surface area (Å²) in [5.74, 6) is 0. The van der Waals surface area contributed by atoms with Gasteiger partial charge in [-0.05, 0) is 31.8 Å². The Morgan fingerprint density at radius 3 is 2.15 bits per heavy atom. The number of para-hydroxylation sites is 1. The van der Waals surface area contributed by atoms with Crippen LogP contribution in [0.15, 0.2) is 65.8 Å². The van der Waals surface area contributed by atoms with E-state index in [1.54, 1.807) is 0 Å². The predicted molar refractivity (Wildman–Crippen MR) is 86.2 cm³/mol. The number of nitrogens with zero attached hydrogens (tertiary/aromatic N) is 2. The van der Waals surface area contributed by atoms with Crippen molar-refractivity contribution in [1.82, 2.24) is 4.90 Å². The second kappa shape index (κ2) is 7.46. The third-order valence-corrected chi connectivity index (χ3v) is 3.00. The van der Waals surface area contributed by atoms with Crippen molar-refractivity contribution in [3.63, 3.8) is 0 Å². The van der Waals surface area contributed by atoms with E-state index in [2.05, 4.69) is 41.7 Å². The Hall–Kier alpha value is -2.13. The summed E-state index contributed by atoms with van der Waals surface area (Å²) in [7, 11) is 4.15. The van der Waals surface area contributed by atoms with Crippen molar-refractivity contribution in [2.45, 2.75) is 6.42 Å². The van der Waals surface area contributed by atoms with Crippen molar-refractivity contribution in [2.75, 3.05) is 26.1 Å². The normalized spacial score (nSPS) is 11.7. The maximum absolute atomic E-state index is 4.58. The quantitative estimate of drug-likeness (QED) is 0.641. The van der Waals surface area contributed by atoms with Gasteiger partial charge in [-0.2, -0.15) is 5.10 Å². The summed E-state index contributed by atoms with van der Waals surface area (Å²) in [6.07, 6.45) is 0.914. The summed E-state index contributed by atoms with van der Waals surface area (Å²) in [5, 5.41) is 4.58. The maximum Gasteiger partial charge on any atom is 0.0692 e. The van der Waals surface area contributed by atoms with Crippen LogP contribution >= 0.6 is 0 Å². The van der Waals surface area contributed by atoms with E-state index in [-0.39, 0.29) is 0 Å². The van der Waals surface area contributed by atoms with Crippen LogP contribution in [-0.2, 0) is 0 Å². The molecule has 0 atom stereocenters. The summed E-state index contributed by atoms with van der Waals surface area (Å²) in [4.78, 5) is 2.17. The molecule has 1 N–H and O–H groups in total. The van der Waals surface area contributed by atoms with Gasteiger partial charge in [-0.15, -0.1) is 0 Å². The third-order valence-electron chi connectivity index (χ3n) is 3.00. The van der Waals surface area contributed by atoms with Crippen LogP contribution in [0.25, 0.3) is 0 Å². The number of hydrogen-bond donors (Lipinski definition) is 1. The van der Waals surface area contributed by atoms with E-state index in [0.717, 1.165) is 29.9 Å². The first-order valence-electron chi connectivity index (χ1n) is 6.83. The fraction of sp³-hybridized carbons (Fsp3) is 0.235. The van der Waals surface area contributed by atoms with Crippen molar-refractivity contribution in [3.8, 4) is 0 Å². The van der Waals surface area contributed by atoms with Crippen LogP contribution in [0.3, 0.4) is 0 Å². The highest BCUT2D eigenvalue weighted by molar-refractivity contribution is 6.01. The molecule has 0 aliphatic heterocycles. The fourth-order valence-electron chi connectivity index (χ4n) is 1.87. The fourth-order valence-corrected chi connectivity index (χ4v) is 1.87. The van der Waals surface area contributed by atoms with Gasteiger partial charge >= 0.3 is 0 Å². The van der Waals surface area contributed by atoms with Gasteiger partial charge in [0.15, 0.2) is 0 Å². The first kappa shape index (κ1) is 14.3. The highest BCUT2D eigenvalue weighted by atomic mass is 15.3. The monoisotopic (exact) mass is 267 g/mol. The molecular formula is C17H21N3. The molecule has 3 nitrogen and oxygen atoms in total. The first-order chi connectivity index (χ1) is 9.75. The SMILES string of the molecule is CN(C)CC/C(=N/Nc1ccccc1)c1ccccc1. The van der Waals surface area contributed by atoms with Crippen LogP contribution in [0, 0.1) is 0 Å². The van der Waals surface area contributed by atoms with Gasteiger partial charge < -0.3 is 4.90 Å². The largest absolute Gasteiger partial charge is 0.309 e. The Kier molecular flexibility index (Phi) is 5.33. The molecule has 104 valence electrons. The van der Waals surface area contributed by atoms with Crippen LogP contribution in [0.4, 0.5) is 5.69 Å². The molecule has 0 radical (unpaired) electrons. The minimum Gasteiger partial charge on any atom is -0.309 e. The molecule has 0 saturated carbocycles. The van der Waals surface area contributed by atoms with Crippen LogP contribution in [0.2, 0.25) is 0 Å². The smallest absolute Gasteiger partial charge is 0.0692 e. The number of nitrogens with one attached hydrogen (secondary N) is 1. The summed E-state index contributed by atoms with van der Waals surface area (Å²) in [5.41, 5.74) is 6.38. The van der Waals surface area contributed by atoms with Crippen molar-refractivity contribution in [2.24, 2.45) is 5.10 Å². The van der Waals surface area contributed by atoms with Gasteiger partial charge in [-0.1, -0.05) is 48.5 Å². The average molecular weight is 267 g/mol. The molecule has 0 saturated heterocycles. The molecular weight excluding hydrogens is 246 g/mol. The minimum atomic E-state index is 0.914. The Morgan fingerprint density at radius 2 is 1.55 bits per heavy atom. The zero-order valence-electron chi connectivity index (χ0n) is 12.1. The van der Waals surface area contributed by atoms with Gasteiger partial charge in [0.05, 0.1) is 11.4 Å². The van der Waals surface area contributed by atoms with E-state index in [1.807, 2.05) is 48.5 Å². The molecule has 0 spiro atoms. The molecule has 0 unspecified atom stereocenters. The Morgan fingerprint density at radius 1 is 0.950 bits per heavy atom. The molecule has 0 fully saturated rings. The topological polar surface area (TPSA) is 27.6 Å². The molecule has 2 aromatic carbocycles. The Labute approximate surface area is 120 Å². The molecule has 0 heterocycles. The number of benzene rings is 2. The Balaban J connectivity index is 2.13. The molecule has 0 aliphatic rings. The molecule has 3 heteroatoms. The van der Waals surface area contributed by atoms with Gasteiger partial charge in [-0.3, -0.25) is 5.43 Å². The molecule has 0 aromatic heterocycles. The van der Waals surface area contributed by atoms with Gasteiger partial charge in [0.2, 0.25) is 0 Å². The number of hydrazone groups is 1. The summed E-state index contributed by atoms with van der Waals surface area (Å²) in [6, 6.07) is 20.3. The van der Waals surface area contributed by atoms with Crippen LogP contribution in [0.5, 0.6) is 0 Å². The highest BCUT2D eigenvalue weighted by Crippen LogP contribution is 2.09. The molecule has 0 amide bonds. The van der Waals surface area contributed by atoms with E-state index in [9.17, 15) is 0 Å². The zero-order chi connectivity index (χ0) is 14.2. The van der Waals surface area contributed by atoms with Crippen LogP contribution in [0.1, 0.15) is 12.0 Å². The zero-order valence-corrected chi connectivity index (χ0v) is 12.1. The standard InChI is InChI=1S/C17H21N3/c1-20(2)14-13-17(15-9-5-3-6-10-15)19-18-16-11-7-4-8-12-16/h3-12,18H,13-14H2,1-2H3/b19-17-. The molecule has 2 rings (SSSR count). The van der Waals surface area contributed by atoms with E-state index in [0.29, 0.717) is 0 Å². The predicted octanol–water partition coefficient (Wildman–Crippen LogP) is 3.45. The van der Waals surface area contributed by atoms with E-state index in [1.165, 1.54) is 0 Å². The first-order valence-corrected chi connectivity index (χ1v) is 6.83. The number of anilines is 1. The van der Waals surface area contributed by atoms with Crippen molar-refractivity contribution >= 4 is 11.4 Å². The van der Waals surface area contributed by atoms with Crippen LogP contribution in [-0.4, -0.2) is 31.3 Å². The van der Waals surface area contributed by atoms with E-state index >= 15 is 0 Å². The van der Waals surface area contributed by atoms with Gasteiger partial charge in [0, 0.05) is 13.0 Å². The summed E-state index contributed by atoms with van der Waals surface area (Å²) >= 11 is 0. The number of hydrogen-bond acceptors (Lipinski definition) is 3. The molecule has 0 bridgehead atoms. The summed E-state index contributed by atoms with van der Waals surface area (Å²) < 4.78 is 0. The second-order valence-electron chi connectivity index (χ2n) is 4.96. The summed E-state index contributed by atoms with van der Waals surface area (Å²) in [6.45, 7) is 0.976. The lowest BCUT2D eigenvalue weighted by Gasteiger charge is -2.12. The maximum atomic E-state index is 4.58. The van der Waals surface area contributed by atoms with Crippen molar-refractivity contribution < 1.29 is 0 Å². The lowest BCUT2D eigenvalue weighted by molar-refractivity contribution is 0.422. The molecule has 2 aromatic rings. The second-order valence-corrected chi connectivity index (χ2v) is 4.96. The Bertz CT molecular complexity index is 533. The lowest BCUT2D eigenvalue weighted by atomic mass is 10.1. The highest BCUT2D eigenvalue weighted by Gasteiger charge is 2.04. The van der Waals surface area contributed by atoms with Gasteiger partial charge in [-0.25, -0.2) is 0 Å². The lowest BCUT2D eigenvalue weighted by Crippen LogP contribution is -2.18. The average Bonchev–Trinajstić information content (AvgIpc) is 2.49. The van der Waals surface area contributed by atoms with Crippen LogP contribution < -0.4 is 5.43 Å². The minimum absolute atomic E-state index is 0.914. The molecule has 0 aliphatic carbocycles. The third kappa shape index (κ3) is 4.52. The van der Waals surface area contributed by atoms with Crippen molar-refractivity contribution in [1.29, 1.82) is 0 Å². The van der Waals surface area contributed by atoms with Gasteiger partial charge in [0.1, 0.15) is 0 Å².